The van der Waals surface area contributed by atoms with Crippen molar-refractivity contribution in [1.82, 2.24) is 15.0 Å². The fraction of sp³-hybridized carbons (Fsp3) is 0.100. The van der Waals surface area contributed by atoms with Crippen molar-refractivity contribution in [3.05, 3.63) is 40.4 Å². The van der Waals surface area contributed by atoms with Gasteiger partial charge in [-0.05, 0) is 34.1 Å². The molecule has 17 heavy (non-hydrogen) atoms. The summed E-state index contributed by atoms with van der Waals surface area (Å²) in [5, 5.41) is 16.2. The lowest BCUT2D eigenvalue weighted by molar-refractivity contribution is -0.136. The van der Waals surface area contributed by atoms with Gasteiger partial charge in [-0.1, -0.05) is 5.21 Å². The third kappa shape index (κ3) is 2.50. The predicted octanol–water partition coefficient (Wildman–Crippen LogP) is 1.80. The zero-order chi connectivity index (χ0) is 12.4. The first-order chi connectivity index (χ1) is 8.08. The molecule has 0 spiro atoms. The average Bonchev–Trinajstić information content (AvgIpc) is 2.65. The number of hydrogen-bond acceptors (Lipinski definition) is 3. The van der Waals surface area contributed by atoms with Crippen LogP contribution in [0.15, 0.2) is 28.9 Å². The topological polar surface area (TPSA) is 68.0 Å². The summed E-state index contributed by atoms with van der Waals surface area (Å²) in [7, 11) is 0. The molecule has 88 valence electrons. The largest absolute Gasteiger partial charge is 0.481 e. The quantitative estimate of drug-likeness (QED) is 0.938. The maximum absolute atomic E-state index is 12.9. The molecule has 5 nitrogen and oxygen atoms in total. The number of aromatic nitrogens is 3. The van der Waals surface area contributed by atoms with Crippen LogP contribution >= 0.6 is 15.9 Å². The van der Waals surface area contributed by atoms with Gasteiger partial charge in [-0.2, -0.15) is 0 Å². The van der Waals surface area contributed by atoms with Crippen LogP contribution in [0.5, 0.6) is 0 Å². The summed E-state index contributed by atoms with van der Waals surface area (Å²) in [6, 6.07) is 4.05. The van der Waals surface area contributed by atoms with Gasteiger partial charge in [-0.15, -0.1) is 5.10 Å². The minimum atomic E-state index is -0.980. The van der Waals surface area contributed by atoms with Gasteiger partial charge < -0.3 is 5.11 Å². The SMILES string of the molecule is O=C(O)Cc1cnnn1-c1ccc(F)cc1Br. The van der Waals surface area contributed by atoms with Gasteiger partial charge in [0.05, 0.1) is 24.0 Å². The molecule has 0 bridgehead atoms. The summed E-state index contributed by atoms with van der Waals surface area (Å²) < 4.78 is 14.8. The normalized spacial score (nSPS) is 10.5. The maximum Gasteiger partial charge on any atom is 0.309 e. The monoisotopic (exact) mass is 299 g/mol. The Labute approximate surface area is 104 Å². The standard InChI is InChI=1S/C10H7BrFN3O2/c11-8-3-6(12)1-2-9(8)15-7(4-10(16)17)5-13-14-15/h1-3,5H,4H2,(H,16,17). The molecule has 0 saturated heterocycles. The van der Waals surface area contributed by atoms with Crippen molar-refractivity contribution < 1.29 is 14.3 Å². The van der Waals surface area contributed by atoms with E-state index < -0.39 is 5.97 Å². The second kappa shape index (κ2) is 4.62. The first kappa shape index (κ1) is 11.7. The number of carboxylic acids is 1. The van der Waals surface area contributed by atoms with Gasteiger partial charge in [0, 0.05) is 4.47 Å². The van der Waals surface area contributed by atoms with Crippen LogP contribution in [-0.4, -0.2) is 26.1 Å². The van der Waals surface area contributed by atoms with Crippen molar-refractivity contribution in [3.8, 4) is 5.69 Å². The van der Waals surface area contributed by atoms with Crippen molar-refractivity contribution in [2.75, 3.05) is 0 Å². The molecule has 0 amide bonds. The van der Waals surface area contributed by atoms with Crippen molar-refractivity contribution in [3.63, 3.8) is 0 Å². The molecule has 2 rings (SSSR count). The Balaban J connectivity index is 2.46. The van der Waals surface area contributed by atoms with Crippen molar-refractivity contribution >= 4 is 21.9 Å². The molecule has 0 aliphatic rings. The molecule has 0 aliphatic carbocycles. The molecule has 0 fully saturated rings. The summed E-state index contributed by atoms with van der Waals surface area (Å²) in [5.74, 6) is -1.37. The number of rotatable bonds is 3. The maximum atomic E-state index is 12.9. The minimum Gasteiger partial charge on any atom is -0.481 e. The first-order valence-corrected chi connectivity index (χ1v) is 5.44. The predicted molar refractivity (Wildman–Crippen MR) is 60.4 cm³/mol. The number of nitrogens with zero attached hydrogens (tertiary/aromatic N) is 3. The van der Waals surface area contributed by atoms with Gasteiger partial charge in [-0.25, -0.2) is 9.07 Å². The fourth-order valence-electron chi connectivity index (χ4n) is 1.39. The lowest BCUT2D eigenvalue weighted by Gasteiger charge is -2.06. The highest BCUT2D eigenvalue weighted by molar-refractivity contribution is 9.10. The second-order valence-electron chi connectivity index (χ2n) is 3.30. The Morgan fingerprint density at radius 3 is 2.94 bits per heavy atom. The van der Waals surface area contributed by atoms with Crippen LogP contribution in [0.3, 0.4) is 0 Å². The highest BCUT2D eigenvalue weighted by Gasteiger charge is 2.12. The number of carboxylic acid groups (broad SMARTS) is 1. The van der Waals surface area contributed by atoms with Gasteiger partial charge >= 0.3 is 5.97 Å². The lowest BCUT2D eigenvalue weighted by Crippen LogP contribution is -2.08. The van der Waals surface area contributed by atoms with Crippen molar-refractivity contribution in [2.24, 2.45) is 0 Å². The fourth-order valence-corrected chi connectivity index (χ4v) is 1.91. The Kier molecular flexibility index (Phi) is 3.19. The zero-order valence-corrected chi connectivity index (χ0v) is 10.1. The van der Waals surface area contributed by atoms with E-state index >= 15 is 0 Å². The summed E-state index contributed by atoms with van der Waals surface area (Å²) in [5.41, 5.74) is 0.963. The van der Waals surface area contributed by atoms with Crippen LogP contribution in [0.2, 0.25) is 0 Å². The minimum absolute atomic E-state index is 0.198. The molecule has 1 aromatic carbocycles. The molecule has 0 aliphatic heterocycles. The molecule has 1 heterocycles. The first-order valence-electron chi connectivity index (χ1n) is 4.64. The average molecular weight is 300 g/mol. The van der Waals surface area contributed by atoms with Gasteiger partial charge in [-0.3, -0.25) is 4.79 Å². The number of carbonyl (C=O) groups is 1. The van der Waals surface area contributed by atoms with E-state index in [-0.39, 0.29) is 12.2 Å². The van der Waals surface area contributed by atoms with Crippen molar-refractivity contribution in [2.45, 2.75) is 6.42 Å². The Bertz CT molecular complexity index is 570. The van der Waals surface area contributed by atoms with Crippen LogP contribution in [-0.2, 0) is 11.2 Å². The summed E-state index contributed by atoms with van der Waals surface area (Å²) in [6.45, 7) is 0. The van der Waals surface area contributed by atoms with Gasteiger partial charge in [0.25, 0.3) is 0 Å². The van der Waals surface area contributed by atoms with E-state index in [0.717, 1.165) is 0 Å². The molecule has 0 radical (unpaired) electrons. The Morgan fingerprint density at radius 2 is 2.29 bits per heavy atom. The molecule has 1 N–H and O–H groups in total. The van der Waals surface area contributed by atoms with Gasteiger partial charge in [0.2, 0.25) is 0 Å². The van der Waals surface area contributed by atoms with Crippen LogP contribution in [0.4, 0.5) is 4.39 Å². The zero-order valence-electron chi connectivity index (χ0n) is 8.47. The molecule has 2 aromatic rings. The van der Waals surface area contributed by atoms with Crippen LogP contribution in [0.1, 0.15) is 5.69 Å². The van der Waals surface area contributed by atoms with Gasteiger partial charge in [0.1, 0.15) is 5.82 Å². The highest BCUT2D eigenvalue weighted by atomic mass is 79.9. The summed E-state index contributed by atoms with van der Waals surface area (Å²) >= 11 is 3.19. The third-order valence-corrected chi connectivity index (χ3v) is 2.73. The Hall–Kier alpha value is -1.76. The van der Waals surface area contributed by atoms with E-state index in [4.69, 9.17) is 5.11 Å². The number of aliphatic carboxylic acids is 1. The van der Waals surface area contributed by atoms with E-state index in [1.165, 1.54) is 29.1 Å². The third-order valence-electron chi connectivity index (χ3n) is 2.09. The number of halogens is 2. The summed E-state index contributed by atoms with van der Waals surface area (Å²) in [4.78, 5) is 10.6. The number of hydrogen-bond donors (Lipinski definition) is 1. The molecule has 0 atom stereocenters. The van der Waals surface area contributed by atoms with E-state index in [2.05, 4.69) is 26.2 Å². The molecule has 7 heteroatoms. The van der Waals surface area contributed by atoms with E-state index in [1.807, 2.05) is 0 Å². The van der Waals surface area contributed by atoms with Gasteiger partial charge in [0.15, 0.2) is 0 Å². The summed E-state index contributed by atoms with van der Waals surface area (Å²) in [6.07, 6.45) is 1.17. The molecular weight excluding hydrogens is 293 g/mol. The molecule has 0 unspecified atom stereocenters. The lowest BCUT2D eigenvalue weighted by atomic mass is 10.3. The van der Waals surface area contributed by atoms with Crippen molar-refractivity contribution in [1.29, 1.82) is 0 Å². The van der Waals surface area contributed by atoms with E-state index in [1.54, 1.807) is 0 Å². The Morgan fingerprint density at radius 1 is 1.53 bits per heavy atom. The van der Waals surface area contributed by atoms with E-state index in [9.17, 15) is 9.18 Å². The highest BCUT2D eigenvalue weighted by Crippen LogP contribution is 2.22. The molecular formula is C10H7BrFN3O2. The van der Waals surface area contributed by atoms with Crippen LogP contribution < -0.4 is 0 Å². The van der Waals surface area contributed by atoms with Crippen LogP contribution in [0, 0.1) is 5.82 Å². The van der Waals surface area contributed by atoms with E-state index in [0.29, 0.717) is 15.9 Å². The smallest absolute Gasteiger partial charge is 0.309 e. The molecule has 0 saturated carbocycles. The molecule has 1 aromatic heterocycles. The van der Waals surface area contributed by atoms with Crippen LogP contribution in [0.25, 0.3) is 5.69 Å². The number of benzene rings is 1. The second-order valence-corrected chi connectivity index (χ2v) is 4.16.